The largest absolute Gasteiger partial charge is 0.462 e. The van der Waals surface area contributed by atoms with E-state index in [9.17, 15) is 14.4 Å². The molecule has 0 radical (unpaired) electrons. The van der Waals surface area contributed by atoms with Crippen LogP contribution in [0.4, 0.5) is 5.00 Å². The molecular weight excluding hydrogens is 466 g/mol. The molecule has 0 saturated carbocycles. The maximum atomic E-state index is 12.5. The zero-order valence-electron chi connectivity index (χ0n) is 17.5. The van der Waals surface area contributed by atoms with Crippen LogP contribution in [0.1, 0.15) is 22.8 Å². The normalized spacial score (nSPS) is 12.0. The van der Waals surface area contributed by atoms with Crippen LogP contribution in [-0.2, 0) is 19.1 Å². The fourth-order valence-corrected chi connectivity index (χ4v) is 4.79. The van der Waals surface area contributed by atoms with Gasteiger partial charge >= 0.3 is 11.9 Å². The van der Waals surface area contributed by atoms with Crippen LogP contribution in [0, 0.1) is 0 Å². The van der Waals surface area contributed by atoms with E-state index in [2.05, 4.69) is 5.32 Å². The first kappa shape index (κ1) is 22.6. The molecule has 3 heterocycles. The number of anilines is 1. The molecule has 3 aromatic rings. The number of rotatable bonds is 8. The lowest BCUT2D eigenvalue weighted by Gasteiger charge is -2.08. The summed E-state index contributed by atoms with van der Waals surface area (Å²) in [5.74, 6) is -0.533. The Hall–Kier alpha value is -3.63. The lowest BCUT2D eigenvalue weighted by Crippen LogP contribution is -2.21. The number of hydrogen-bond acceptors (Lipinski definition) is 9. The van der Waals surface area contributed by atoms with Gasteiger partial charge in [0.15, 0.2) is 18.1 Å². The number of amides is 1. The van der Waals surface area contributed by atoms with E-state index < -0.39 is 24.5 Å². The highest BCUT2D eigenvalue weighted by Crippen LogP contribution is 2.38. The molecule has 0 fully saturated rings. The third-order valence-electron chi connectivity index (χ3n) is 4.46. The van der Waals surface area contributed by atoms with E-state index in [1.807, 2.05) is 17.5 Å². The van der Waals surface area contributed by atoms with Gasteiger partial charge in [0.05, 0.1) is 6.61 Å². The Labute approximate surface area is 197 Å². The standard InChI is InChI=1S/C23H19NO7S2/c1-2-28-23(27)21-15(18-4-3-9-32-18)12-33-22(21)24-19(25)11-29-20(26)8-6-14-5-7-16-17(10-14)31-13-30-16/h3-10,12H,2,11,13H2,1H3,(H,24,25). The highest BCUT2D eigenvalue weighted by molar-refractivity contribution is 7.17. The second-order valence-corrected chi connectivity index (χ2v) is 8.48. The highest BCUT2D eigenvalue weighted by Gasteiger charge is 2.23. The van der Waals surface area contributed by atoms with Crippen molar-refractivity contribution in [3.8, 4) is 21.9 Å². The Morgan fingerprint density at radius 3 is 2.76 bits per heavy atom. The molecule has 1 aliphatic heterocycles. The van der Waals surface area contributed by atoms with Gasteiger partial charge in [-0.3, -0.25) is 4.79 Å². The summed E-state index contributed by atoms with van der Waals surface area (Å²) in [5.41, 5.74) is 1.69. The molecule has 1 aromatic carbocycles. The number of hydrogen-bond donors (Lipinski definition) is 1. The van der Waals surface area contributed by atoms with Crippen molar-refractivity contribution in [1.82, 2.24) is 0 Å². The Kier molecular flexibility index (Phi) is 7.06. The zero-order valence-corrected chi connectivity index (χ0v) is 19.1. The van der Waals surface area contributed by atoms with Crippen LogP contribution < -0.4 is 14.8 Å². The van der Waals surface area contributed by atoms with Crippen molar-refractivity contribution in [2.45, 2.75) is 6.92 Å². The first-order chi connectivity index (χ1) is 16.0. The van der Waals surface area contributed by atoms with E-state index in [1.165, 1.54) is 28.7 Å². The Bertz CT molecular complexity index is 1200. The summed E-state index contributed by atoms with van der Waals surface area (Å²) in [7, 11) is 0. The minimum Gasteiger partial charge on any atom is -0.462 e. The fourth-order valence-electron chi connectivity index (χ4n) is 3.00. The van der Waals surface area contributed by atoms with Crippen molar-refractivity contribution in [3.63, 3.8) is 0 Å². The number of fused-ring (bicyclic) bond motifs is 1. The molecule has 8 nitrogen and oxygen atoms in total. The second-order valence-electron chi connectivity index (χ2n) is 6.65. The van der Waals surface area contributed by atoms with E-state index in [4.69, 9.17) is 18.9 Å². The molecule has 1 aliphatic rings. The average Bonchev–Trinajstić information content (AvgIpc) is 3.56. The smallest absolute Gasteiger partial charge is 0.341 e. The lowest BCUT2D eigenvalue weighted by atomic mass is 10.1. The SMILES string of the molecule is CCOC(=O)c1c(-c2cccs2)csc1NC(=O)COC(=O)C=Cc1ccc2c(c1)OCO2. The first-order valence-corrected chi connectivity index (χ1v) is 11.7. The van der Waals surface area contributed by atoms with Gasteiger partial charge in [-0.1, -0.05) is 12.1 Å². The molecule has 0 spiro atoms. The van der Waals surface area contributed by atoms with Crippen molar-refractivity contribution in [3.05, 3.63) is 58.3 Å². The van der Waals surface area contributed by atoms with Crippen molar-refractivity contribution in [1.29, 1.82) is 0 Å². The summed E-state index contributed by atoms with van der Waals surface area (Å²) in [5, 5.41) is 6.67. The number of carbonyl (C=O) groups is 3. The molecule has 0 bridgehead atoms. The fraction of sp³-hybridized carbons (Fsp3) is 0.174. The molecule has 33 heavy (non-hydrogen) atoms. The van der Waals surface area contributed by atoms with E-state index in [1.54, 1.807) is 36.6 Å². The molecule has 0 aliphatic carbocycles. The molecule has 0 atom stereocenters. The lowest BCUT2D eigenvalue weighted by molar-refractivity contribution is -0.142. The molecule has 0 saturated heterocycles. The highest BCUT2D eigenvalue weighted by atomic mass is 32.1. The van der Waals surface area contributed by atoms with Crippen LogP contribution in [0.3, 0.4) is 0 Å². The van der Waals surface area contributed by atoms with Crippen molar-refractivity contribution in [2.24, 2.45) is 0 Å². The number of benzene rings is 1. The van der Waals surface area contributed by atoms with Gasteiger partial charge in [-0.15, -0.1) is 22.7 Å². The summed E-state index contributed by atoms with van der Waals surface area (Å²) in [6.45, 7) is 1.58. The number of ether oxygens (including phenoxy) is 4. The third-order valence-corrected chi connectivity index (χ3v) is 6.26. The average molecular weight is 486 g/mol. The van der Waals surface area contributed by atoms with Gasteiger partial charge < -0.3 is 24.3 Å². The zero-order chi connectivity index (χ0) is 23.2. The molecular formula is C23H19NO7S2. The van der Waals surface area contributed by atoms with Crippen molar-refractivity contribution < 1.29 is 33.3 Å². The summed E-state index contributed by atoms with van der Waals surface area (Å²) >= 11 is 2.68. The van der Waals surface area contributed by atoms with Gasteiger partial charge in [-0.05, 0) is 42.1 Å². The molecule has 1 amide bonds. The van der Waals surface area contributed by atoms with Crippen LogP contribution in [0.2, 0.25) is 0 Å². The Morgan fingerprint density at radius 1 is 1.12 bits per heavy atom. The van der Waals surface area contributed by atoms with Gasteiger partial charge in [0.2, 0.25) is 6.79 Å². The van der Waals surface area contributed by atoms with Gasteiger partial charge in [-0.25, -0.2) is 9.59 Å². The van der Waals surface area contributed by atoms with Gasteiger partial charge in [0, 0.05) is 21.9 Å². The summed E-state index contributed by atoms with van der Waals surface area (Å²) in [6, 6.07) is 9.00. The molecule has 10 heteroatoms. The van der Waals surface area contributed by atoms with Crippen LogP contribution in [0.25, 0.3) is 16.5 Å². The van der Waals surface area contributed by atoms with Crippen LogP contribution >= 0.6 is 22.7 Å². The predicted molar refractivity (Wildman–Crippen MR) is 125 cm³/mol. The first-order valence-electron chi connectivity index (χ1n) is 9.92. The summed E-state index contributed by atoms with van der Waals surface area (Å²) in [6.07, 6.45) is 2.77. The molecule has 2 aromatic heterocycles. The van der Waals surface area contributed by atoms with E-state index in [0.717, 1.165) is 10.4 Å². The minimum absolute atomic E-state index is 0.163. The van der Waals surface area contributed by atoms with Crippen LogP contribution in [0.15, 0.2) is 47.2 Å². The summed E-state index contributed by atoms with van der Waals surface area (Å²) < 4.78 is 20.7. The number of esters is 2. The quantitative estimate of drug-likeness (QED) is 0.368. The van der Waals surface area contributed by atoms with E-state index >= 15 is 0 Å². The van der Waals surface area contributed by atoms with E-state index in [0.29, 0.717) is 22.1 Å². The van der Waals surface area contributed by atoms with Gasteiger partial charge in [0.1, 0.15) is 10.6 Å². The van der Waals surface area contributed by atoms with E-state index in [-0.39, 0.29) is 19.0 Å². The number of nitrogens with one attached hydrogen (secondary N) is 1. The number of thiophene rings is 2. The predicted octanol–water partition coefficient (Wildman–Crippen LogP) is 4.58. The van der Waals surface area contributed by atoms with Crippen LogP contribution in [-0.4, -0.2) is 37.9 Å². The summed E-state index contributed by atoms with van der Waals surface area (Å²) in [4.78, 5) is 37.8. The van der Waals surface area contributed by atoms with Crippen LogP contribution in [0.5, 0.6) is 11.5 Å². The monoisotopic (exact) mass is 485 g/mol. The Morgan fingerprint density at radius 2 is 1.97 bits per heavy atom. The molecule has 4 rings (SSSR count). The molecule has 0 unspecified atom stereocenters. The third kappa shape index (κ3) is 5.41. The Balaban J connectivity index is 1.36. The second kappa shape index (κ2) is 10.3. The minimum atomic E-state index is -0.682. The van der Waals surface area contributed by atoms with Crippen molar-refractivity contribution in [2.75, 3.05) is 25.3 Å². The van der Waals surface area contributed by atoms with Gasteiger partial charge in [-0.2, -0.15) is 0 Å². The maximum absolute atomic E-state index is 12.5. The van der Waals surface area contributed by atoms with Crippen molar-refractivity contribution >= 4 is 51.6 Å². The molecule has 170 valence electrons. The number of carbonyl (C=O) groups excluding carboxylic acids is 3. The maximum Gasteiger partial charge on any atom is 0.341 e. The topological polar surface area (TPSA) is 100 Å². The van der Waals surface area contributed by atoms with Gasteiger partial charge in [0.25, 0.3) is 5.91 Å². The molecule has 1 N–H and O–H groups in total.